The van der Waals surface area contributed by atoms with Gasteiger partial charge in [0.1, 0.15) is 10.6 Å². The highest BCUT2D eigenvalue weighted by molar-refractivity contribution is 8.04. The largest absolute Gasteiger partial charge is 0.453 e. The van der Waals surface area contributed by atoms with E-state index >= 15 is 0 Å². The summed E-state index contributed by atoms with van der Waals surface area (Å²) in [5.74, 6) is 0.291. The fourth-order valence-corrected chi connectivity index (χ4v) is 5.02. The number of nitrogens with zero attached hydrogens (tertiary/aromatic N) is 2. The summed E-state index contributed by atoms with van der Waals surface area (Å²) in [6.45, 7) is -0.0393. The molecular weight excluding hydrogens is 392 g/mol. The molecule has 7 heteroatoms. The van der Waals surface area contributed by atoms with E-state index in [1.54, 1.807) is 17.4 Å². The van der Waals surface area contributed by atoms with Gasteiger partial charge in [0.05, 0.1) is 27.5 Å². The summed E-state index contributed by atoms with van der Waals surface area (Å²) < 4.78 is 6.74. The van der Waals surface area contributed by atoms with E-state index in [-0.39, 0.29) is 24.0 Å². The number of amides is 1. The molecule has 28 heavy (non-hydrogen) atoms. The van der Waals surface area contributed by atoms with Gasteiger partial charge in [-0.25, -0.2) is 4.98 Å². The van der Waals surface area contributed by atoms with E-state index in [0.29, 0.717) is 11.3 Å². The van der Waals surface area contributed by atoms with Crippen LogP contribution in [0.1, 0.15) is 15.6 Å². The molecule has 0 spiro atoms. The molecule has 5 rings (SSSR count). The van der Waals surface area contributed by atoms with E-state index in [1.807, 2.05) is 54.6 Å². The third-order valence-corrected chi connectivity index (χ3v) is 6.48. The van der Waals surface area contributed by atoms with Crippen molar-refractivity contribution >= 4 is 62.1 Å². The van der Waals surface area contributed by atoms with Gasteiger partial charge in [-0.3, -0.25) is 14.5 Å². The second-order valence-corrected chi connectivity index (χ2v) is 8.40. The highest BCUT2D eigenvalue weighted by Gasteiger charge is 2.30. The number of carbonyl (C=O) groups is 2. The van der Waals surface area contributed by atoms with Crippen LogP contribution in [0.4, 0.5) is 0 Å². The van der Waals surface area contributed by atoms with E-state index in [2.05, 4.69) is 4.98 Å². The van der Waals surface area contributed by atoms with Crippen LogP contribution >= 0.6 is 23.1 Å². The Labute approximate surface area is 168 Å². The minimum atomic E-state index is -0.220. The second kappa shape index (κ2) is 6.92. The van der Waals surface area contributed by atoms with Crippen LogP contribution in [0.5, 0.6) is 0 Å². The van der Waals surface area contributed by atoms with Crippen LogP contribution in [0.2, 0.25) is 0 Å². The number of thioether (sulfide) groups is 1. The van der Waals surface area contributed by atoms with Crippen LogP contribution in [-0.4, -0.2) is 33.9 Å². The van der Waals surface area contributed by atoms with Crippen LogP contribution < -0.4 is 0 Å². The molecule has 1 aliphatic rings. The first-order chi connectivity index (χ1) is 13.7. The number of hydrogen-bond acceptors (Lipinski definition) is 6. The molecule has 0 bridgehead atoms. The zero-order chi connectivity index (χ0) is 19.1. The van der Waals surface area contributed by atoms with Crippen molar-refractivity contribution in [2.45, 2.75) is 0 Å². The van der Waals surface area contributed by atoms with Crippen molar-refractivity contribution < 1.29 is 14.0 Å². The maximum atomic E-state index is 12.7. The second-order valence-electron chi connectivity index (χ2n) is 6.34. The number of ketones is 1. The fourth-order valence-electron chi connectivity index (χ4n) is 3.10. The zero-order valence-electron chi connectivity index (χ0n) is 14.6. The van der Waals surface area contributed by atoms with E-state index in [0.717, 1.165) is 25.6 Å². The molecule has 1 fully saturated rings. The van der Waals surface area contributed by atoms with Gasteiger partial charge >= 0.3 is 0 Å². The Bertz CT molecular complexity index is 1190. The van der Waals surface area contributed by atoms with Crippen molar-refractivity contribution in [2.24, 2.45) is 0 Å². The predicted molar refractivity (Wildman–Crippen MR) is 112 cm³/mol. The smallest absolute Gasteiger partial charge is 0.238 e. The van der Waals surface area contributed by atoms with Gasteiger partial charge in [-0.05, 0) is 24.3 Å². The Morgan fingerprint density at radius 1 is 1.18 bits per heavy atom. The topological polar surface area (TPSA) is 63.4 Å². The Balaban J connectivity index is 1.42. The Morgan fingerprint density at radius 2 is 2.00 bits per heavy atom. The van der Waals surface area contributed by atoms with E-state index in [1.165, 1.54) is 16.7 Å². The Morgan fingerprint density at radius 3 is 2.86 bits per heavy atom. The molecule has 5 nitrogen and oxygen atoms in total. The van der Waals surface area contributed by atoms with Crippen LogP contribution in [0.15, 0.2) is 64.0 Å². The van der Waals surface area contributed by atoms with Gasteiger partial charge in [0.15, 0.2) is 5.76 Å². The van der Waals surface area contributed by atoms with Gasteiger partial charge in [0.25, 0.3) is 0 Å². The first-order valence-corrected chi connectivity index (χ1v) is 10.5. The minimum Gasteiger partial charge on any atom is -0.453 e. The van der Waals surface area contributed by atoms with Crippen molar-refractivity contribution in [3.63, 3.8) is 0 Å². The summed E-state index contributed by atoms with van der Waals surface area (Å²) in [6, 6.07) is 17.1. The first kappa shape index (κ1) is 17.2. The average molecular weight is 406 g/mol. The van der Waals surface area contributed by atoms with Crippen molar-refractivity contribution in [3.8, 4) is 0 Å². The lowest BCUT2D eigenvalue weighted by Crippen LogP contribution is -2.30. The molecule has 2 aromatic carbocycles. The minimum absolute atomic E-state index is 0.0393. The number of benzene rings is 2. The number of hydrogen-bond donors (Lipinski definition) is 0. The number of para-hydroxylation sites is 2. The lowest BCUT2D eigenvalue weighted by molar-refractivity contribution is -0.125. The molecule has 0 unspecified atom stereocenters. The number of carbonyl (C=O) groups excluding carboxylic acids is 2. The summed E-state index contributed by atoms with van der Waals surface area (Å²) in [5.41, 5.74) is 1.59. The molecule has 3 heterocycles. The monoisotopic (exact) mass is 406 g/mol. The molecule has 0 atom stereocenters. The SMILES string of the molecule is O=C(CN1C(=O)CS/C1=C\c1nc2ccccc2s1)c1cc2ccccc2o1. The molecule has 1 saturated heterocycles. The van der Waals surface area contributed by atoms with Gasteiger partial charge in [-0.1, -0.05) is 42.1 Å². The quantitative estimate of drug-likeness (QED) is 0.456. The fraction of sp³-hybridized carbons (Fsp3) is 0.0952. The molecule has 1 aliphatic heterocycles. The molecule has 1 amide bonds. The normalized spacial score (nSPS) is 15.9. The van der Waals surface area contributed by atoms with E-state index in [9.17, 15) is 9.59 Å². The van der Waals surface area contributed by atoms with Crippen molar-refractivity contribution in [1.29, 1.82) is 0 Å². The van der Waals surface area contributed by atoms with Crippen molar-refractivity contribution in [3.05, 3.63) is 70.4 Å². The summed E-state index contributed by atoms with van der Waals surface area (Å²) in [5, 5.41) is 2.44. The van der Waals surface area contributed by atoms with Crippen molar-refractivity contribution in [1.82, 2.24) is 9.88 Å². The van der Waals surface area contributed by atoms with Gasteiger partial charge in [0, 0.05) is 11.5 Å². The maximum absolute atomic E-state index is 12.7. The van der Waals surface area contributed by atoms with Crippen LogP contribution in [-0.2, 0) is 4.79 Å². The Kier molecular flexibility index (Phi) is 4.26. The number of thiazole rings is 1. The van der Waals surface area contributed by atoms with Crippen LogP contribution in [0.3, 0.4) is 0 Å². The summed E-state index contributed by atoms with van der Waals surface area (Å²) in [7, 11) is 0. The maximum Gasteiger partial charge on any atom is 0.238 e. The number of fused-ring (bicyclic) bond motifs is 2. The summed E-state index contributed by atoms with van der Waals surface area (Å²) in [4.78, 5) is 31.2. The lowest BCUT2D eigenvalue weighted by atomic mass is 10.2. The first-order valence-electron chi connectivity index (χ1n) is 8.69. The number of rotatable bonds is 4. The van der Waals surface area contributed by atoms with Gasteiger partial charge in [-0.15, -0.1) is 11.3 Å². The third kappa shape index (κ3) is 3.12. The standard InChI is InChI=1S/C21H14N2O3S2/c24-15(17-9-13-5-1-3-7-16(13)26-17)11-23-20(25)12-27-21(23)10-19-22-14-6-2-4-8-18(14)28-19/h1-10H,11-12H2/b21-10-. The lowest BCUT2D eigenvalue weighted by Gasteiger charge is -2.15. The zero-order valence-corrected chi connectivity index (χ0v) is 16.3. The van der Waals surface area contributed by atoms with E-state index < -0.39 is 0 Å². The summed E-state index contributed by atoms with van der Waals surface area (Å²) >= 11 is 2.99. The van der Waals surface area contributed by atoms with Gasteiger partial charge < -0.3 is 4.42 Å². The molecule has 0 saturated carbocycles. The highest BCUT2D eigenvalue weighted by atomic mass is 32.2. The third-order valence-electron chi connectivity index (χ3n) is 4.47. The molecular formula is C21H14N2O3S2. The van der Waals surface area contributed by atoms with Crippen LogP contribution in [0, 0.1) is 0 Å². The molecule has 0 aliphatic carbocycles. The molecule has 138 valence electrons. The molecule has 0 N–H and O–H groups in total. The number of furan rings is 1. The van der Waals surface area contributed by atoms with Crippen molar-refractivity contribution in [2.75, 3.05) is 12.3 Å². The molecule has 0 radical (unpaired) electrons. The number of Topliss-reactive ketones (excluding diaryl/α,β-unsaturated/α-hetero) is 1. The van der Waals surface area contributed by atoms with Crippen LogP contribution in [0.25, 0.3) is 27.3 Å². The average Bonchev–Trinajstić information content (AvgIpc) is 3.40. The summed E-state index contributed by atoms with van der Waals surface area (Å²) in [6.07, 6.45) is 1.88. The predicted octanol–water partition coefficient (Wildman–Crippen LogP) is 4.80. The Hall–Kier alpha value is -2.90. The molecule has 2 aromatic heterocycles. The van der Waals surface area contributed by atoms with Gasteiger partial charge in [-0.2, -0.15) is 0 Å². The van der Waals surface area contributed by atoms with Gasteiger partial charge in [0.2, 0.25) is 11.7 Å². The highest BCUT2D eigenvalue weighted by Crippen LogP contribution is 2.33. The van der Waals surface area contributed by atoms with E-state index in [4.69, 9.17) is 4.42 Å². The number of aromatic nitrogens is 1. The molecule has 4 aromatic rings.